The number of carbonyl (C=O) groups excluding carboxylic acids is 1. The molecular weight excluding hydrogens is 434 g/mol. The summed E-state index contributed by atoms with van der Waals surface area (Å²) >= 11 is 0. The second kappa shape index (κ2) is 11.6. The van der Waals surface area contributed by atoms with E-state index in [9.17, 15) is 13.2 Å². The number of sulfonamides is 1. The molecular formula is C23H32ClN3O3S. The number of hydrogen-bond donors (Lipinski definition) is 3. The molecule has 4 N–H and O–H groups in total. The molecule has 2 unspecified atom stereocenters. The number of fused-ring (bicyclic) bond motifs is 1. The van der Waals surface area contributed by atoms with Crippen molar-refractivity contribution >= 4 is 28.3 Å². The number of nitrogens with one attached hydrogen (secondary N) is 2. The second-order valence-corrected chi connectivity index (χ2v) is 9.73. The first kappa shape index (κ1) is 25.3. The molecule has 0 radical (unpaired) electrons. The summed E-state index contributed by atoms with van der Waals surface area (Å²) in [7, 11) is -3.50. The molecule has 1 amide bonds. The fourth-order valence-electron chi connectivity index (χ4n) is 3.81. The minimum absolute atomic E-state index is 0. The largest absolute Gasteiger partial charge is 0.348 e. The summed E-state index contributed by atoms with van der Waals surface area (Å²) < 4.78 is 27.1. The number of nitrogens with two attached hydrogens (primary N) is 1. The van der Waals surface area contributed by atoms with Crippen LogP contribution in [0.15, 0.2) is 53.4 Å². The van der Waals surface area contributed by atoms with Gasteiger partial charge in [0.05, 0.1) is 17.0 Å². The highest BCUT2D eigenvalue weighted by atomic mass is 35.5. The molecule has 8 heteroatoms. The van der Waals surface area contributed by atoms with Crippen LogP contribution in [0.25, 0.3) is 0 Å². The number of unbranched alkanes of at least 4 members (excludes halogenated alkanes) is 1. The highest BCUT2D eigenvalue weighted by Gasteiger charge is 2.23. The Bertz CT molecular complexity index is 964. The van der Waals surface area contributed by atoms with Gasteiger partial charge in [-0.25, -0.2) is 13.1 Å². The summed E-state index contributed by atoms with van der Waals surface area (Å²) in [5.41, 5.74) is 9.57. The molecule has 0 saturated carbocycles. The van der Waals surface area contributed by atoms with Gasteiger partial charge in [0.15, 0.2) is 0 Å². The Kier molecular flexibility index (Phi) is 9.50. The van der Waals surface area contributed by atoms with E-state index in [-0.39, 0.29) is 29.3 Å². The molecule has 0 aliphatic heterocycles. The predicted molar refractivity (Wildman–Crippen MR) is 126 cm³/mol. The monoisotopic (exact) mass is 465 g/mol. The van der Waals surface area contributed by atoms with Gasteiger partial charge in [-0.15, -0.1) is 12.4 Å². The van der Waals surface area contributed by atoms with Crippen LogP contribution in [0.3, 0.4) is 0 Å². The Hall–Kier alpha value is -1.93. The van der Waals surface area contributed by atoms with Crippen molar-refractivity contribution in [2.45, 2.75) is 62.4 Å². The van der Waals surface area contributed by atoms with Crippen molar-refractivity contribution < 1.29 is 13.2 Å². The first-order valence-corrected chi connectivity index (χ1v) is 12.1. The third-order valence-corrected chi connectivity index (χ3v) is 7.06. The maximum Gasteiger partial charge on any atom is 0.240 e. The van der Waals surface area contributed by atoms with E-state index in [1.165, 1.54) is 11.1 Å². The lowest BCUT2D eigenvalue weighted by atomic mass is 9.87. The number of aryl methyl sites for hydroxylation is 2. The van der Waals surface area contributed by atoms with E-state index in [1.54, 1.807) is 24.3 Å². The molecule has 170 valence electrons. The molecule has 0 bridgehead atoms. The maximum atomic E-state index is 12.5. The van der Waals surface area contributed by atoms with E-state index in [0.29, 0.717) is 25.8 Å². The van der Waals surface area contributed by atoms with Crippen LogP contribution in [0.5, 0.6) is 0 Å². The summed E-state index contributed by atoms with van der Waals surface area (Å²) in [6.45, 7) is 2.23. The van der Waals surface area contributed by atoms with Crippen LogP contribution in [0.4, 0.5) is 0 Å². The fourth-order valence-corrected chi connectivity index (χ4v) is 4.88. The number of halogens is 1. The Balaban J connectivity index is 0.00000341. The van der Waals surface area contributed by atoms with Gasteiger partial charge in [-0.1, -0.05) is 48.4 Å². The summed E-state index contributed by atoms with van der Waals surface area (Å²) in [6, 6.07) is 14.4. The normalized spacial score (nSPS) is 16.6. The van der Waals surface area contributed by atoms with Crippen LogP contribution in [0.2, 0.25) is 0 Å². The van der Waals surface area contributed by atoms with Gasteiger partial charge in [-0.05, 0) is 62.3 Å². The van der Waals surface area contributed by atoms with Crippen LogP contribution in [0.1, 0.15) is 54.8 Å². The Morgan fingerprint density at radius 1 is 1.13 bits per heavy atom. The van der Waals surface area contributed by atoms with Crippen LogP contribution in [-0.4, -0.2) is 26.9 Å². The van der Waals surface area contributed by atoms with Gasteiger partial charge in [-0.3, -0.25) is 4.79 Å². The molecule has 6 nitrogen and oxygen atoms in total. The molecule has 0 aromatic heterocycles. The van der Waals surface area contributed by atoms with Gasteiger partial charge in [0, 0.05) is 6.54 Å². The first-order chi connectivity index (χ1) is 14.4. The Labute approximate surface area is 191 Å². The van der Waals surface area contributed by atoms with Gasteiger partial charge in [0.1, 0.15) is 0 Å². The average Bonchev–Trinajstić information content (AvgIpc) is 2.74. The third-order valence-electron chi connectivity index (χ3n) is 5.59. The third kappa shape index (κ3) is 7.04. The molecule has 0 fully saturated rings. The SMILES string of the molecule is Cc1ccc(S(=O)(=O)NCCCCC(N)C(=O)NC2CCCc3ccccc32)cc1.Cl. The van der Waals surface area contributed by atoms with Crippen molar-refractivity contribution in [2.24, 2.45) is 5.73 Å². The van der Waals surface area contributed by atoms with Gasteiger partial charge < -0.3 is 11.1 Å². The Morgan fingerprint density at radius 2 is 1.84 bits per heavy atom. The van der Waals surface area contributed by atoms with E-state index in [4.69, 9.17) is 5.73 Å². The maximum absolute atomic E-state index is 12.5. The van der Waals surface area contributed by atoms with Crippen LogP contribution in [-0.2, 0) is 21.2 Å². The summed E-state index contributed by atoms with van der Waals surface area (Å²) in [6.07, 6.45) is 4.85. The molecule has 1 aliphatic rings. The Morgan fingerprint density at radius 3 is 2.58 bits per heavy atom. The molecule has 3 rings (SSSR count). The standard InChI is InChI=1S/C23H31N3O3S.ClH/c1-17-12-14-19(15-13-17)30(28,29)25-16-5-4-10-21(24)23(27)26-22-11-6-8-18-7-2-3-9-20(18)22;/h2-3,7,9,12-15,21-22,25H,4-6,8,10-11,16,24H2,1H3,(H,26,27);1H. The van der Waals surface area contributed by atoms with E-state index in [1.807, 2.05) is 19.1 Å². The first-order valence-electron chi connectivity index (χ1n) is 10.6. The lowest BCUT2D eigenvalue weighted by molar-refractivity contribution is -0.123. The minimum Gasteiger partial charge on any atom is -0.348 e. The van der Waals surface area contributed by atoms with Gasteiger partial charge >= 0.3 is 0 Å². The van der Waals surface area contributed by atoms with Crippen molar-refractivity contribution in [3.8, 4) is 0 Å². The van der Waals surface area contributed by atoms with E-state index in [0.717, 1.165) is 24.8 Å². The zero-order valence-corrected chi connectivity index (χ0v) is 19.5. The fraction of sp³-hybridized carbons (Fsp3) is 0.435. The van der Waals surface area contributed by atoms with E-state index < -0.39 is 16.1 Å². The molecule has 0 saturated heterocycles. The van der Waals surface area contributed by atoms with Gasteiger partial charge in [0.25, 0.3) is 0 Å². The minimum atomic E-state index is -3.50. The molecule has 1 aliphatic carbocycles. The van der Waals surface area contributed by atoms with Crippen LogP contribution >= 0.6 is 12.4 Å². The highest BCUT2D eigenvalue weighted by molar-refractivity contribution is 7.89. The smallest absolute Gasteiger partial charge is 0.240 e. The summed E-state index contributed by atoms with van der Waals surface area (Å²) in [5, 5.41) is 3.09. The van der Waals surface area contributed by atoms with Crippen molar-refractivity contribution in [1.29, 1.82) is 0 Å². The highest BCUT2D eigenvalue weighted by Crippen LogP contribution is 2.29. The molecule has 0 heterocycles. The molecule has 31 heavy (non-hydrogen) atoms. The lowest BCUT2D eigenvalue weighted by Gasteiger charge is -2.27. The predicted octanol–water partition coefficient (Wildman–Crippen LogP) is 3.39. The number of carbonyl (C=O) groups is 1. The van der Waals surface area contributed by atoms with E-state index >= 15 is 0 Å². The molecule has 2 atom stereocenters. The number of benzene rings is 2. The second-order valence-electron chi connectivity index (χ2n) is 7.97. The zero-order chi connectivity index (χ0) is 21.6. The van der Waals surface area contributed by atoms with Crippen molar-refractivity contribution in [3.63, 3.8) is 0 Å². The molecule has 2 aromatic carbocycles. The number of rotatable bonds is 9. The van der Waals surface area contributed by atoms with Crippen LogP contribution < -0.4 is 15.8 Å². The van der Waals surface area contributed by atoms with Crippen molar-refractivity contribution in [1.82, 2.24) is 10.0 Å². The van der Waals surface area contributed by atoms with E-state index in [2.05, 4.69) is 22.2 Å². The lowest BCUT2D eigenvalue weighted by Crippen LogP contribution is -2.43. The molecule has 2 aromatic rings. The van der Waals surface area contributed by atoms with Crippen LogP contribution in [0, 0.1) is 6.92 Å². The number of hydrogen-bond acceptors (Lipinski definition) is 4. The number of amides is 1. The summed E-state index contributed by atoms with van der Waals surface area (Å²) in [5.74, 6) is -0.142. The van der Waals surface area contributed by atoms with Crippen molar-refractivity contribution in [3.05, 3.63) is 65.2 Å². The quantitative estimate of drug-likeness (QED) is 0.494. The van der Waals surface area contributed by atoms with Crippen molar-refractivity contribution in [2.75, 3.05) is 6.54 Å². The average molecular weight is 466 g/mol. The topological polar surface area (TPSA) is 101 Å². The van der Waals surface area contributed by atoms with Gasteiger partial charge in [-0.2, -0.15) is 0 Å². The van der Waals surface area contributed by atoms with Gasteiger partial charge in [0.2, 0.25) is 15.9 Å². The molecule has 0 spiro atoms. The zero-order valence-electron chi connectivity index (χ0n) is 17.8. The summed E-state index contributed by atoms with van der Waals surface area (Å²) in [4.78, 5) is 12.8.